The van der Waals surface area contributed by atoms with Crippen molar-refractivity contribution in [3.63, 3.8) is 0 Å². The number of nitrogens with two attached hydrogens (primary N) is 1. The minimum atomic E-state index is -3.75. The summed E-state index contributed by atoms with van der Waals surface area (Å²) >= 11 is 3.22. The van der Waals surface area contributed by atoms with Crippen LogP contribution in [0.5, 0.6) is 0 Å². The van der Waals surface area contributed by atoms with Crippen LogP contribution in [0.3, 0.4) is 0 Å². The third-order valence-corrected chi connectivity index (χ3v) is 4.52. The van der Waals surface area contributed by atoms with Crippen LogP contribution in [-0.4, -0.2) is 27.9 Å². The molecule has 0 aliphatic carbocycles. The van der Waals surface area contributed by atoms with Crippen LogP contribution in [-0.2, 0) is 14.8 Å². The lowest BCUT2D eigenvalue weighted by molar-refractivity contribution is -0.119. The maximum absolute atomic E-state index is 12.0. The number of amides is 1. The summed E-state index contributed by atoms with van der Waals surface area (Å²) in [5.74, 6) is -0.415. The number of hydrogen-bond donors (Lipinski definition) is 3. The van der Waals surface area contributed by atoms with Crippen molar-refractivity contribution in [2.24, 2.45) is 0 Å². The Balaban J connectivity index is 3.06. The third kappa shape index (κ3) is 3.44. The number of nitrogens with one attached hydrogen (secondary N) is 2. The van der Waals surface area contributed by atoms with Crippen LogP contribution in [0.15, 0.2) is 21.5 Å². The number of carbonyl (C=O) groups is 1. The maximum atomic E-state index is 12.0. The largest absolute Gasteiger partial charge is 0.398 e. The molecule has 6 nitrogen and oxygen atoms in total. The van der Waals surface area contributed by atoms with Gasteiger partial charge in [0.25, 0.3) is 0 Å². The van der Waals surface area contributed by atoms with E-state index in [-0.39, 0.29) is 11.4 Å². The fourth-order valence-corrected chi connectivity index (χ4v) is 2.98. The Morgan fingerprint density at radius 2 is 2.06 bits per heavy atom. The van der Waals surface area contributed by atoms with E-state index in [0.717, 1.165) is 0 Å². The summed E-state index contributed by atoms with van der Waals surface area (Å²) in [6, 6.07) is 2.97. The predicted molar refractivity (Wildman–Crippen MR) is 72.5 cm³/mol. The first-order valence-electron chi connectivity index (χ1n) is 5.04. The predicted octanol–water partition coefficient (Wildman–Crippen LogP) is 0.364. The zero-order valence-electron chi connectivity index (χ0n) is 9.95. The summed E-state index contributed by atoms with van der Waals surface area (Å²) in [7, 11) is -2.32. The summed E-state index contributed by atoms with van der Waals surface area (Å²) < 4.78 is 26.8. The monoisotopic (exact) mass is 335 g/mol. The average Bonchev–Trinajstić information content (AvgIpc) is 2.30. The van der Waals surface area contributed by atoms with Crippen molar-refractivity contribution in [2.45, 2.75) is 11.8 Å². The lowest BCUT2D eigenvalue weighted by Gasteiger charge is -2.10. The van der Waals surface area contributed by atoms with Crippen molar-refractivity contribution >= 4 is 37.5 Å². The van der Waals surface area contributed by atoms with Gasteiger partial charge in [-0.2, -0.15) is 0 Å². The Labute approximate surface area is 114 Å². The van der Waals surface area contributed by atoms with E-state index in [1.54, 1.807) is 13.0 Å². The smallest absolute Gasteiger partial charge is 0.241 e. The van der Waals surface area contributed by atoms with Crippen molar-refractivity contribution in [1.82, 2.24) is 10.0 Å². The Morgan fingerprint density at radius 3 is 2.61 bits per heavy atom. The van der Waals surface area contributed by atoms with Crippen molar-refractivity contribution in [3.05, 3.63) is 22.2 Å². The first kappa shape index (κ1) is 14.9. The summed E-state index contributed by atoms with van der Waals surface area (Å²) in [4.78, 5) is 11.1. The summed E-state index contributed by atoms with van der Waals surface area (Å²) in [6.45, 7) is 1.34. The summed E-state index contributed by atoms with van der Waals surface area (Å²) in [5.41, 5.74) is 6.51. The fraction of sp³-hybridized carbons (Fsp3) is 0.300. The number of hydrogen-bond acceptors (Lipinski definition) is 4. The van der Waals surface area contributed by atoms with Crippen molar-refractivity contribution in [2.75, 3.05) is 19.3 Å². The van der Waals surface area contributed by atoms with Crippen LogP contribution in [0.25, 0.3) is 0 Å². The highest BCUT2D eigenvalue weighted by Crippen LogP contribution is 2.26. The standard InChI is InChI=1S/C10H14BrN3O3S/c1-6-3-7(11)8(12)4-9(6)18(16,17)14-5-10(15)13-2/h3-4,14H,5,12H2,1-2H3,(H,13,15). The van der Waals surface area contributed by atoms with Gasteiger partial charge in [-0.3, -0.25) is 4.79 Å². The second-order valence-electron chi connectivity index (χ2n) is 3.64. The molecule has 0 aliphatic rings. The molecule has 1 amide bonds. The quantitative estimate of drug-likeness (QED) is 0.691. The number of sulfonamides is 1. The number of benzene rings is 1. The van der Waals surface area contributed by atoms with E-state index in [1.165, 1.54) is 13.1 Å². The SMILES string of the molecule is CNC(=O)CNS(=O)(=O)c1cc(N)c(Br)cc1C. The van der Waals surface area contributed by atoms with E-state index >= 15 is 0 Å². The van der Waals surface area contributed by atoms with Gasteiger partial charge in [0.2, 0.25) is 15.9 Å². The van der Waals surface area contributed by atoms with Crippen molar-refractivity contribution in [3.8, 4) is 0 Å². The van der Waals surface area contributed by atoms with Crippen LogP contribution in [0.2, 0.25) is 0 Å². The Morgan fingerprint density at radius 1 is 1.44 bits per heavy atom. The van der Waals surface area contributed by atoms with E-state index in [9.17, 15) is 13.2 Å². The number of nitrogen functional groups attached to an aromatic ring is 1. The lowest BCUT2D eigenvalue weighted by Crippen LogP contribution is -2.35. The van der Waals surface area contributed by atoms with Gasteiger partial charge in [0.1, 0.15) is 0 Å². The highest BCUT2D eigenvalue weighted by molar-refractivity contribution is 9.10. The zero-order valence-corrected chi connectivity index (χ0v) is 12.4. The maximum Gasteiger partial charge on any atom is 0.241 e. The summed E-state index contributed by atoms with van der Waals surface area (Å²) in [6.07, 6.45) is 0. The summed E-state index contributed by atoms with van der Waals surface area (Å²) in [5, 5.41) is 2.33. The van der Waals surface area contributed by atoms with Crippen LogP contribution in [0.4, 0.5) is 5.69 Å². The molecule has 0 bridgehead atoms. The first-order valence-corrected chi connectivity index (χ1v) is 7.31. The van der Waals surface area contributed by atoms with Gasteiger partial charge in [0, 0.05) is 17.2 Å². The average molecular weight is 336 g/mol. The van der Waals surface area contributed by atoms with Crippen LogP contribution >= 0.6 is 15.9 Å². The molecule has 0 heterocycles. The first-order chi connectivity index (χ1) is 8.27. The van der Waals surface area contributed by atoms with Crippen LogP contribution in [0, 0.1) is 6.92 Å². The van der Waals surface area contributed by atoms with Crippen LogP contribution in [0.1, 0.15) is 5.56 Å². The molecule has 0 aromatic heterocycles. The molecule has 1 rings (SSSR count). The van der Waals surface area contributed by atoms with Gasteiger partial charge in [-0.1, -0.05) is 0 Å². The van der Waals surface area contributed by atoms with E-state index in [0.29, 0.717) is 15.7 Å². The molecule has 0 unspecified atom stereocenters. The van der Waals surface area contributed by atoms with E-state index in [2.05, 4.69) is 26.0 Å². The number of halogens is 1. The van der Waals surface area contributed by atoms with Gasteiger partial charge in [-0.25, -0.2) is 13.1 Å². The lowest BCUT2D eigenvalue weighted by atomic mass is 10.2. The van der Waals surface area contributed by atoms with Gasteiger partial charge >= 0.3 is 0 Å². The van der Waals surface area contributed by atoms with Gasteiger partial charge in [-0.15, -0.1) is 0 Å². The molecule has 0 saturated heterocycles. The van der Waals surface area contributed by atoms with Gasteiger partial charge in [0.05, 0.1) is 11.4 Å². The van der Waals surface area contributed by atoms with E-state index < -0.39 is 15.9 Å². The molecule has 0 aliphatic heterocycles. The molecule has 1 aromatic rings. The highest BCUT2D eigenvalue weighted by Gasteiger charge is 2.18. The number of anilines is 1. The van der Waals surface area contributed by atoms with E-state index in [4.69, 9.17) is 5.73 Å². The van der Waals surface area contributed by atoms with Gasteiger partial charge in [0.15, 0.2) is 0 Å². The molecule has 18 heavy (non-hydrogen) atoms. The molecule has 4 N–H and O–H groups in total. The van der Waals surface area contributed by atoms with Gasteiger partial charge in [-0.05, 0) is 40.5 Å². The number of likely N-dealkylation sites (N-methyl/N-ethyl adjacent to an activating group) is 1. The van der Waals surface area contributed by atoms with Crippen LogP contribution < -0.4 is 15.8 Å². The van der Waals surface area contributed by atoms with Gasteiger partial charge < -0.3 is 11.1 Å². The third-order valence-electron chi connectivity index (χ3n) is 2.29. The molecule has 0 atom stereocenters. The van der Waals surface area contributed by atoms with Crippen molar-refractivity contribution in [1.29, 1.82) is 0 Å². The molecular formula is C10H14BrN3O3S. The minimum absolute atomic E-state index is 0.0621. The molecular weight excluding hydrogens is 322 g/mol. The Bertz CT molecular complexity index is 572. The second kappa shape index (κ2) is 5.68. The molecule has 0 fully saturated rings. The number of carbonyl (C=O) groups excluding carboxylic acids is 1. The molecule has 0 saturated carbocycles. The molecule has 1 aromatic carbocycles. The number of aryl methyl sites for hydroxylation is 1. The topological polar surface area (TPSA) is 101 Å². The second-order valence-corrected chi connectivity index (χ2v) is 6.23. The molecule has 8 heteroatoms. The Hall–Kier alpha value is -1.12. The molecule has 0 radical (unpaired) electrons. The molecule has 100 valence electrons. The highest BCUT2D eigenvalue weighted by atomic mass is 79.9. The fourth-order valence-electron chi connectivity index (χ4n) is 1.28. The number of rotatable bonds is 4. The normalized spacial score (nSPS) is 11.3. The Kier molecular flexibility index (Phi) is 4.71. The zero-order chi connectivity index (χ0) is 13.9. The van der Waals surface area contributed by atoms with E-state index in [1.807, 2.05) is 0 Å². The minimum Gasteiger partial charge on any atom is -0.398 e. The van der Waals surface area contributed by atoms with Crippen molar-refractivity contribution < 1.29 is 13.2 Å². The molecule has 0 spiro atoms.